The summed E-state index contributed by atoms with van der Waals surface area (Å²) in [6.07, 6.45) is 0. The van der Waals surface area contributed by atoms with Crippen molar-refractivity contribution in [3.8, 4) is 5.75 Å². The van der Waals surface area contributed by atoms with Crippen LogP contribution >= 0.6 is 0 Å². The number of amides is 1. The zero-order valence-corrected chi connectivity index (χ0v) is 15.5. The first kappa shape index (κ1) is 18.9. The lowest BCUT2D eigenvalue weighted by Crippen LogP contribution is -2.38. The van der Waals surface area contributed by atoms with Gasteiger partial charge in [0.1, 0.15) is 11.4 Å². The van der Waals surface area contributed by atoms with E-state index in [2.05, 4.69) is 35.1 Å². The number of ether oxygens (including phenoxy) is 1. The molecule has 2 aromatic rings. The van der Waals surface area contributed by atoms with Crippen LogP contribution in [0.5, 0.6) is 5.75 Å². The summed E-state index contributed by atoms with van der Waals surface area (Å²) in [5.74, 6) is 0.671. The van der Waals surface area contributed by atoms with Crippen LogP contribution < -0.4 is 10.1 Å². The maximum Gasteiger partial charge on any atom is 0.269 e. The fourth-order valence-electron chi connectivity index (χ4n) is 2.92. The predicted molar refractivity (Wildman–Crippen MR) is 100.0 cm³/mol. The summed E-state index contributed by atoms with van der Waals surface area (Å²) in [6, 6.07) is 13.6. The van der Waals surface area contributed by atoms with Crippen molar-refractivity contribution >= 4 is 5.91 Å². The van der Waals surface area contributed by atoms with Gasteiger partial charge in [0.15, 0.2) is 0 Å². The normalized spacial score (nSPS) is 12.0. The van der Waals surface area contributed by atoms with Crippen LogP contribution in [0.25, 0.3) is 0 Å². The maximum absolute atomic E-state index is 12.4. The Labute approximate surface area is 150 Å². The van der Waals surface area contributed by atoms with E-state index in [9.17, 15) is 4.79 Å². The van der Waals surface area contributed by atoms with E-state index in [1.165, 1.54) is 0 Å². The summed E-state index contributed by atoms with van der Waals surface area (Å²) in [7, 11) is 1.66. The number of carbonyl (C=O) groups is 1. The van der Waals surface area contributed by atoms with Crippen molar-refractivity contribution in [2.75, 3.05) is 26.7 Å². The second-order valence-electron chi connectivity index (χ2n) is 5.89. The quantitative estimate of drug-likeness (QED) is 0.801. The number of likely N-dealkylation sites (N-methyl/N-ethyl adjacent to an activating group) is 1. The van der Waals surface area contributed by atoms with E-state index in [0.29, 0.717) is 12.2 Å². The smallest absolute Gasteiger partial charge is 0.269 e. The van der Waals surface area contributed by atoms with Gasteiger partial charge < -0.3 is 10.1 Å². The van der Waals surface area contributed by atoms with Crippen LogP contribution in [0.4, 0.5) is 0 Å². The number of methoxy groups -OCH3 is 1. The number of carbonyl (C=O) groups excluding carboxylic acids is 1. The minimum Gasteiger partial charge on any atom is -0.497 e. The molecule has 0 saturated heterocycles. The van der Waals surface area contributed by atoms with E-state index in [1.54, 1.807) is 13.2 Å². The van der Waals surface area contributed by atoms with Crippen LogP contribution in [0, 0.1) is 6.92 Å². The Balaban J connectivity index is 2.17. The summed E-state index contributed by atoms with van der Waals surface area (Å²) in [5.41, 5.74) is 2.41. The molecule has 1 amide bonds. The molecule has 2 rings (SSSR count). The van der Waals surface area contributed by atoms with Crippen molar-refractivity contribution in [3.05, 3.63) is 59.4 Å². The predicted octanol–water partition coefficient (Wildman–Crippen LogP) is 3.21. The largest absolute Gasteiger partial charge is 0.497 e. The Hall–Kier alpha value is -2.40. The van der Waals surface area contributed by atoms with Crippen LogP contribution in [0.1, 0.15) is 41.6 Å². The standard InChI is InChI=1S/C20H27N3O2/c1-5-23(6-2)19(16-10-8-11-17(13-16)25-4)14-21-20(24)18-12-7-9-15(3)22-18/h7-13,19H,5-6,14H2,1-4H3,(H,21,24)/t19-/m0/s1. The number of nitrogens with zero attached hydrogens (tertiary/aromatic N) is 2. The number of rotatable bonds is 8. The molecule has 1 N–H and O–H groups in total. The number of aromatic nitrogens is 1. The molecule has 0 bridgehead atoms. The first-order valence-corrected chi connectivity index (χ1v) is 8.68. The molecule has 1 heterocycles. The summed E-state index contributed by atoms with van der Waals surface area (Å²) in [4.78, 5) is 19.0. The molecular formula is C20H27N3O2. The van der Waals surface area contributed by atoms with Gasteiger partial charge in [-0.1, -0.05) is 32.0 Å². The van der Waals surface area contributed by atoms with Crippen molar-refractivity contribution in [2.45, 2.75) is 26.8 Å². The van der Waals surface area contributed by atoms with Gasteiger partial charge in [0.2, 0.25) is 0 Å². The average Bonchev–Trinajstić information content (AvgIpc) is 2.65. The molecular weight excluding hydrogens is 314 g/mol. The third-order valence-corrected chi connectivity index (χ3v) is 4.31. The number of nitrogens with one attached hydrogen (secondary N) is 1. The van der Waals surface area contributed by atoms with E-state index < -0.39 is 0 Å². The Kier molecular flexibility index (Phi) is 6.95. The molecule has 0 spiro atoms. The first-order valence-electron chi connectivity index (χ1n) is 8.68. The molecule has 0 radical (unpaired) electrons. The molecule has 1 aromatic heterocycles. The molecule has 0 aliphatic rings. The molecule has 0 fully saturated rings. The van der Waals surface area contributed by atoms with Gasteiger partial charge in [0, 0.05) is 12.2 Å². The third-order valence-electron chi connectivity index (χ3n) is 4.31. The fourth-order valence-corrected chi connectivity index (χ4v) is 2.92. The maximum atomic E-state index is 12.4. The van der Waals surface area contributed by atoms with Gasteiger partial charge in [-0.25, -0.2) is 4.98 Å². The van der Waals surface area contributed by atoms with Crippen LogP contribution in [0.15, 0.2) is 42.5 Å². The van der Waals surface area contributed by atoms with Gasteiger partial charge in [-0.05, 0) is 49.8 Å². The second kappa shape index (κ2) is 9.18. The minimum atomic E-state index is -0.149. The highest BCUT2D eigenvalue weighted by atomic mass is 16.5. The molecule has 0 saturated carbocycles. The van der Waals surface area contributed by atoms with Crippen LogP contribution in [0.3, 0.4) is 0 Å². The zero-order valence-electron chi connectivity index (χ0n) is 15.5. The lowest BCUT2D eigenvalue weighted by Gasteiger charge is -2.30. The highest BCUT2D eigenvalue weighted by Gasteiger charge is 2.20. The van der Waals surface area contributed by atoms with E-state index in [-0.39, 0.29) is 11.9 Å². The van der Waals surface area contributed by atoms with Gasteiger partial charge in [-0.3, -0.25) is 9.69 Å². The Bertz CT molecular complexity index is 699. The summed E-state index contributed by atoms with van der Waals surface area (Å²) in [5, 5.41) is 3.03. The Morgan fingerprint density at radius 3 is 2.56 bits per heavy atom. The number of benzene rings is 1. The highest BCUT2D eigenvalue weighted by molar-refractivity contribution is 5.92. The van der Waals surface area contributed by atoms with E-state index >= 15 is 0 Å². The number of hydrogen-bond donors (Lipinski definition) is 1. The monoisotopic (exact) mass is 341 g/mol. The Morgan fingerprint density at radius 1 is 1.20 bits per heavy atom. The number of hydrogen-bond acceptors (Lipinski definition) is 4. The Morgan fingerprint density at radius 2 is 1.92 bits per heavy atom. The summed E-state index contributed by atoms with van der Waals surface area (Å²) in [6.45, 7) is 8.45. The van der Waals surface area contributed by atoms with Crippen molar-refractivity contribution < 1.29 is 9.53 Å². The van der Waals surface area contributed by atoms with Crippen molar-refractivity contribution in [1.82, 2.24) is 15.2 Å². The van der Waals surface area contributed by atoms with Crippen molar-refractivity contribution in [3.63, 3.8) is 0 Å². The van der Waals surface area contributed by atoms with Crippen LogP contribution in [-0.2, 0) is 0 Å². The average molecular weight is 341 g/mol. The van der Waals surface area contributed by atoms with Gasteiger partial charge in [0.25, 0.3) is 5.91 Å². The lowest BCUT2D eigenvalue weighted by molar-refractivity contribution is 0.0929. The molecule has 5 heteroatoms. The van der Waals surface area contributed by atoms with Crippen molar-refractivity contribution in [2.24, 2.45) is 0 Å². The highest BCUT2D eigenvalue weighted by Crippen LogP contribution is 2.23. The molecule has 1 aromatic carbocycles. The number of aryl methyl sites for hydroxylation is 1. The van der Waals surface area contributed by atoms with E-state index in [1.807, 2.05) is 37.3 Å². The molecule has 134 valence electrons. The fraction of sp³-hybridized carbons (Fsp3) is 0.400. The topological polar surface area (TPSA) is 54.5 Å². The van der Waals surface area contributed by atoms with Gasteiger partial charge in [-0.2, -0.15) is 0 Å². The lowest BCUT2D eigenvalue weighted by atomic mass is 10.0. The van der Waals surface area contributed by atoms with E-state index in [0.717, 1.165) is 30.1 Å². The van der Waals surface area contributed by atoms with Crippen LogP contribution in [-0.4, -0.2) is 42.5 Å². The van der Waals surface area contributed by atoms with E-state index in [4.69, 9.17) is 4.74 Å². The number of pyridine rings is 1. The molecule has 25 heavy (non-hydrogen) atoms. The molecule has 5 nitrogen and oxygen atoms in total. The summed E-state index contributed by atoms with van der Waals surface area (Å²) < 4.78 is 5.34. The second-order valence-corrected chi connectivity index (χ2v) is 5.89. The van der Waals surface area contributed by atoms with Crippen LogP contribution in [0.2, 0.25) is 0 Å². The SMILES string of the molecule is CCN(CC)[C@@H](CNC(=O)c1cccc(C)n1)c1cccc(OC)c1. The summed E-state index contributed by atoms with van der Waals surface area (Å²) >= 11 is 0. The minimum absolute atomic E-state index is 0.0823. The zero-order chi connectivity index (χ0) is 18.2. The molecule has 0 aliphatic heterocycles. The van der Waals surface area contributed by atoms with Crippen molar-refractivity contribution in [1.29, 1.82) is 0 Å². The molecule has 0 unspecified atom stereocenters. The van der Waals surface area contributed by atoms with Gasteiger partial charge in [-0.15, -0.1) is 0 Å². The van der Waals surface area contributed by atoms with Gasteiger partial charge >= 0.3 is 0 Å². The first-order chi connectivity index (χ1) is 12.1. The van der Waals surface area contributed by atoms with Gasteiger partial charge in [0.05, 0.1) is 13.2 Å². The molecule has 0 aliphatic carbocycles. The molecule has 1 atom stereocenters. The third kappa shape index (κ3) is 5.03.